The number of hydrogen-bond donors (Lipinski definition) is 1. The molecule has 4 rings (SSSR count). The number of halogens is 2. The molecule has 0 spiro atoms. The van der Waals surface area contributed by atoms with E-state index in [0.717, 1.165) is 11.3 Å². The Balaban J connectivity index is 1.87. The van der Waals surface area contributed by atoms with Crippen LogP contribution in [-0.2, 0) is 11.8 Å². The first kappa shape index (κ1) is 22.9. The number of aromatic nitrogens is 3. The zero-order valence-corrected chi connectivity index (χ0v) is 19.9. The number of para-hydroxylation sites is 1. The summed E-state index contributed by atoms with van der Waals surface area (Å²) in [6.45, 7) is 1.82. The average Bonchev–Trinajstić information content (AvgIpc) is 3.30. The normalized spacial score (nSPS) is 11.3. The van der Waals surface area contributed by atoms with Crippen LogP contribution in [0.1, 0.15) is 5.69 Å². The van der Waals surface area contributed by atoms with Crippen molar-refractivity contribution in [2.24, 2.45) is 17.3 Å². The fraction of sp³-hybridized carbons (Fsp3) is 0.136. The van der Waals surface area contributed by atoms with E-state index in [4.69, 9.17) is 23.2 Å². The molecule has 0 aliphatic carbocycles. The van der Waals surface area contributed by atoms with Crippen molar-refractivity contribution >= 4 is 56.3 Å². The highest BCUT2D eigenvalue weighted by molar-refractivity contribution is 7.19. The van der Waals surface area contributed by atoms with Crippen molar-refractivity contribution in [2.75, 3.05) is 11.2 Å². The van der Waals surface area contributed by atoms with Crippen LogP contribution in [0.25, 0.3) is 16.9 Å². The van der Waals surface area contributed by atoms with Crippen LogP contribution in [0.3, 0.4) is 0 Å². The molecular formula is C22H18Cl2N6O2S. The topological polar surface area (TPSA) is 93.6 Å². The smallest absolute Gasteiger partial charge is 0.281 e. The molecule has 33 heavy (non-hydrogen) atoms. The van der Waals surface area contributed by atoms with E-state index in [1.54, 1.807) is 40.7 Å². The largest absolute Gasteiger partial charge is 0.301 e. The number of hydrogen-bond acceptors (Lipinski definition) is 6. The van der Waals surface area contributed by atoms with Gasteiger partial charge in [-0.25, -0.2) is 9.67 Å². The molecule has 0 aliphatic rings. The lowest BCUT2D eigenvalue weighted by atomic mass is 10.2. The number of amides is 1. The van der Waals surface area contributed by atoms with Crippen LogP contribution in [0.2, 0.25) is 5.02 Å². The molecule has 0 bridgehead atoms. The van der Waals surface area contributed by atoms with Crippen LogP contribution in [0, 0.1) is 6.92 Å². The van der Waals surface area contributed by atoms with Crippen molar-refractivity contribution in [2.45, 2.75) is 6.92 Å². The average molecular weight is 501 g/mol. The van der Waals surface area contributed by atoms with E-state index >= 15 is 0 Å². The van der Waals surface area contributed by atoms with Crippen molar-refractivity contribution in [1.82, 2.24) is 14.3 Å². The predicted molar refractivity (Wildman–Crippen MR) is 132 cm³/mol. The van der Waals surface area contributed by atoms with Gasteiger partial charge >= 0.3 is 0 Å². The van der Waals surface area contributed by atoms with Gasteiger partial charge < -0.3 is 5.32 Å². The highest BCUT2D eigenvalue weighted by atomic mass is 35.5. The molecule has 2 aromatic carbocycles. The molecule has 1 amide bonds. The maximum Gasteiger partial charge on any atom is 0.281 e. The summed E-state index contributed by atoms with van der Waals surface area (Å²) in [5.41, 5.74) is 2.26. The minimum Gasteiger partial charge on any atom is -0.301 e. The van der Waals surface area contributed by atoms with Crippen LogP contribution in [0.5, 0.6) is 0 Å². The minimum absolute atomic E-state index is 0.226. The predicted octanol–water partition coefficient (Wildman–Crippen LogP) is 5.85. The van der Waals surface area contributed by atoms with Crippen LogP contribution in [0.4, 0.5) is 15.8 Å². The summed E-state index contributed by atoms with van der Waals surface area (Å²) in [5.74, 6) is -0.644. The molecule has 4 aromatic rings. The van der Waals surface area contributed by atoms with E-state index in [-0.39, 0.29) is 16.6 Å². The first-order valence-electron chi connectivity index (χ1n) is 9.78. The van der Waals surface area contributed by atoms with Gasteiger partial charge in [0.2, 0.25) is 5.91 Å². The Labute approximate surface area is 203 Å². The second kappa shape index (κ2) is 9.70. The molecule has 0 atom stereocenters. The van der Waals surface area contributed by atoms with Gasteiger partial charge in [0.05, 0.1) is 16.3 Å². The molecule has 0 radical (unpaired) electrons. The molecule has 0 fully saturated rings. The SMILES string of the molecule is Cc1c(-c2nc(NC(=O)CCl)sc2N=Nc2ccccc2Cl)c(=O)n(-c2ccccc2)n1C. The maximum absolute atomic E-state index is 13.5. The number of carbonyl (C=O) groups is 1. The quantitative estimate of drug-likeness (QED) is 0.265. The van der Waals surface area contributed by atoms with Gasteiger partial charge in [-0.3, -0.25) is 14.3 Å². The third-order valence-electron chi connectivity index (χ3n) is 4.87. The van der Waals surface area contributed by atoms with Crippen molar-refractivity contribution in [1.29, 1.82) is 0 Å². The Morgan fingerprint density at radius 3 is 2.52 bits per heavy atom. The van der Waals surface area contributed by atoms with Crippen molar-refractivity contribution in [3.63, 3.8) is 0 Å². The number of benzene rings is 2. The number of rotatable bonds is 6. The molecule has 0 saturated heterocycles. The zero-order valence-electron chi connectivity index (χ0n) is 17.6. The van der Waals surface area contributed by atoms with Gasteiger partial charge in [-0.2, -0.15) is 0 Å². The van der Waals surface area contributed by atoms with Gasteiger partial charge in [-0.15, -0.1) is 21.8 Å². The molecule has 8 nitrogen and oxygen atoms in total. The van der Waals surface area contributed by atoms with Crippen LogP contribution in [0.15, 0.2) is 69.6 Å². The molecule has 11 heteroatoms. The Hall–Kier alpha value is -3.27. The van der Waals surface area contributed by atoms with Crippen LogP contribution < -0.4 is 10.9 Å². The summed E-state index contributed by atoms with van der Waals surface area (Å²) in [6, 6.07) is 16.3. The molecule has 0 aliphatic heterocycles. The Morgan fingerprint density at radius 1 is 1.12 bits per heavy atom. The third kappa shape index (κ3) is 4.61. The maximum atomic E-state index is 13.5. The first-order valence-corrected chi connectivity index (χ1v) is 11.5. The van der Waals surface area contributed by atoms with E-state index in [1.165, 1.54) is 0 Å². The van der Waals surface area contributed by atoms with Gasteiger partial charge in [-0.1, -0.05) is 53.3 Å². The lowest BCUT2D eigenvalue weighted by molar-refractivity contribution is -0.113. The monoisotopic (exact) mass is 500 g/mol. The Kier molecular flexibility index (Phi) is 6.73. The second-order valence-electron chi connectivity index (χ2n) is 6.94. The number of carbonyl (C=O) groups excluding carboxylic acids is 1. The van der Waals surface area contributed by atoms with Gasteiger partial charge in [0.15, 0.2) is 10.1 Å². The van der Waals surface area contributed by atoms with Gasteiger partial charge in [0.1, 0.15) is 17.3 Å². The molecule has 1 N–H and O–H groups in total. The zero-order chi connectivity index (χ0) is 23.5. The number of nitrogens with zero attached hydrogens (tertiary/aromatic N) is 5. The standard InChI is InChI=1S/C22H18Cl2N6O2S/c1-13-18(21(32)30(29(13)2)14-8-4-3-5-9-14)19-20(33-22(26-19)25-17(31)12-23)28-27-16-11-7-6-10-15(16)24/h3-11H,12H2,1-2H3,(H,25,26,31). The summed E-state index contributed by atoms with van der Waals surface area (Å²) < 4.78 is 3.30. The number of alkyl halides is 1. The second-order valence-corrected chi connectivity index (χ2v) is 8.59. The van der Waals surface area contributed by atoms with Gasteiger partial charge in [0.25, 0.3) is 5.56 Å². The van der Waals surface area contributed by atoms with E-state index in [9.17, 15) is 9.59 Å². The van der Waals surface area contributed by atoms with E-state index in [2.05, 4.69) is 20.5 Å². The highest BCUT2D eigenvalue weighted by Gasteiger charge is 2.24. The summed E-state index contributed by atoms with van der Waals surface area (Å²) in [7, 11) is 1.79. The molecule has 0 saturated carbocycles. The molecular weight excluding hydrogens is 483 g/mol. The minimum atomic E-state index is -0.418. The summed E-state index contributed by atoms with van der Waals surface area (Å²) in [4.78, 5) is 29.8. The fourth-order valence-corrected chi connectivity index (χ4v) is 4.27. The fourth-order valence-electron chi connectivity index (χ4n) is 3.22. The molecule has 2 heterocycles. The number of thiazole rings is 1. The Morgan fingerprint density at radius 2 is 1.82 bits per heavy atom. The van der Waals surface area contributed by atoms with Crippen LogP contribution >= 0.6 is 34.5 Å². The number of azo groups is 1. The van der Waals surface area contributed by atoms with Crippen molar-refractivity contribution < 1.29 is 4.79 Å². The third-order valence-corrected chi connectivity index (χ3v) is 6.29. The Bertz CT molecular complexity index is 1410. The first-order chi connectivity index (χ1) is 15.9. The lowest BCUT2D eigenvalue weighted by Crippen LogP contribution is -2.20. The number of anilines is 1. The van der Waals surface area contributed by atoms with Crippen LogP contribution in [-0.4, -0.2) is 26.1 Å². The van der Waals surface area contributed by atoms with Crippen molar-refractivity contribution in [3.05, 3.63) is 75.7 Å². The molecule has 168 valence electrons. The highest BCUT2D eigenvalue weighted by Crippen LogP contribution is 2.40. The summed E-state index contributed by atoms with van der Waals surface area (Å²) in [5, 5.41) is 12.2. The van der Waals surface area contributed by atoms with E-state index < -0.39 is 5.91 Å². The lowest BCUT2D eigenvalue weighted by Gasteiger charge is -2.07. The van der Waals surface area contributed by atoms with E-state index in [1.807, 2.05) is 37.3 Å². The molecule has 2 aromatic heterocycles. The van der Waals surface area contributed by atoms with Gasteiger partial charge in [0, 0.05) is 12.7 Å². The summed E-state index contributed by atoms with van der Waals surface area (Å²) >= 11 is 12.9. The van der Waals surface area contributed by atoms with Gasteiger partial charge in [-0.05, 0) is 31.2 Å². The number of nitrogens with one attached hydrogen (secondary N) is 1. The van der Waals surface area contributed by atoms with E-state index in [0.29, 0.717) is 38.3 Å². The van der Waals surface area contributed by atoms with Crippen molar-refractivity contribution in [3.8, 4) is 16.9 Å². The molecule has 0 unspecified atom stereocenters. The summed E-state index contributed by atoms with van der Waals surface area (Å²) in [6.07, 6.45) is 0.